The summed E-state index contributed by atoms with van der Waals surface area (Å²) in [6, 6.07) is 136. The maximum atomic E-state index is 15.9. The fraction of sp³-hybridized carbons (Fsp3) is 0. The summed E-state index contributed by atoms with van der Waals surface area (Å²) in [5.74, 6) is -2.64. The van der Waals surface area contributed by atoms with E-state index in [4.69, 9.17) is 0 Å². The van der Waals surface area contributed by atoms with Gasteiger partial charge in [-0.2, -0.15) is 0 Å². The molecule has 123 heavy (non-hydrogen) atoms. The molecule has 23 aromatic carbocycles. The largest absolute Gasteiger partial charge is 2.00 e. The van der Waals surface area contributed by atoms with Gasteiger partial charge in [0.15, 0.2) is 7.14 Å². The van der Waals surface area contributed by atoms with Crippen LogP contribution < -0.4 is 37.1 Å². The van der Waals surface area contributed by atoms with Crippen LogP contribution in [0.1, 0.15) is 2.85 Å². The molecular weight excluding hydrogens is 1720 g/mol. The van der Waals surface area contributed by atoms with E-state index < -0.39 is 46.0 Å². The molecule has 0 aliphatic heterocycles. The minimum atomic E-state index is -3.81. The molecule has 0 atom stereocenters. The zero-order valence-corrected chi connectivity index (χ0v) is 73.1. The molecule has 23 rings (SSSR count). The van der Waals surface area contributed by atoms with Gasteiger partial charge in [0.25, 0.3) is 0 Å². The summed E-state index contributed by atoms with van der Waals surface area (Å²) < 4.78 is 99.5. The molecule has 0 unspecified atom stereocenters. The smallest absolute Gasteiger partial charge is 1.00 e. The van der Waals surface area contributed by atoms with E-state index in [1.165, 1.54) is 67.4 Å². The minimum absolute atomic E-state index is 0. The van der Waals surface area contributed by atoms with Crippen molar-refractivity contribution in [2.75, 3.05) is 0 Å². The number of hydrogen-bond donors (Lipinski definition) is 0. The van der Waals surface area contributed by atoms with Crippen LogP contribution in [0.15, 0.2) is 428 Å². The molecule has 0 aliphatic rings. The molecule has 0 bridgehead atoms. The number of hydrogen-bond acceptors (Lipinski definition) is 3. The second-order valence-corrected chi connectivity index (χ2v) is 37.6. The van der Waals surface area contributed by atoms with E-state index in [9.17, 15) is 26.7 Å². The Bertz CT molecular complexity index is 7580. The Labute approximate surface area is 744 Å². The number of halogens is 6. The van der Waals surface area contributed by atoms with Crippen molar-refractivity contribution in [1.82, 2.24) is 0 Å². The van der Waals surface area contributed by atoms with Gasteiger partial charge in [-0.1, -0.05) is 356 Å². The van der Waals surface area contributed by atoms with Crippen LogP contribution in [-0.4, -0.2) is 23.1 Å². The van der Waals surface area contributed by atoms with Crippen molar-refractivity contribution in [2.24, 2.45) is 0 Å². The van der Waals surface area contributed by atoms with Gasteiger partial charge in [0.1, 0.15) is 23.3 Å². The molecule has 3 nitrogen and oxygen atoms in total. The van der Waals surface area contributed by atoms with Crippen molar-refractivity contribution >= 4 is 266 Å². The van der Waals surface area contributed by atoms with Gasteiger partial charge in [-0.05, 0) is 196 Å². The van der Waals surface area contributed by atoms with Crippen molar-refractivity contribution in [1.29, 1.82) is 0 Å². The van der Waals surface area contributed by atoms with E-state index in [1.807, 2.05) is 158 Å². The fourth-order valence-corrected chi connectivity index (χ4v) is 24.7. The monoisotopic (exact) mass is 1790 g/mol. The van der Waals surface area contributed by atoms with Crippen molar-refractivity contribution in [3.05, 3.63) is 451 Å². The van der Waals surface area contributed by atoms with Gasteiger partial charge in [0.2, 0.25) is 21.2 Å². The zero-order valence-electron chi connectivity index (χ0n) is 67.9. The van der Waals surface area contributed by atoms with E-state index in [2.05, 4.69) is 256 Å². The van der Waals surface area contributed by atoms with Crippen LogP contribution in [0.5, 0.6) is 0 Å². The standard InChI is InChI=1S/C34H21F2OP.2C28H18OP.C14H9Br.C6H3BrF2.Mg.2H/c35-24-19-25(36)21-26(20-24)38(37,33-17-22-9-1-3-11-27(22)29-13-5-7-15-31(29)33)34-18-23-10-2-4-12-28(23)30-14-6-8-16-32(30)34;2*29-30(27-17-19-9-1-3-11-21(19)23-13-5-7-15-25(23)27)28-18-20-10-2-4-12-22(20)24-14-6-8-16-26(24)28;15-14-9-10-5-1-2-6-11(10)12-7-3-4-8-13(12)14;7-4-1-5(8)3-6(9)2-4;;;/h1-21H;2*1-18H;1-9H;1-3H;;;/q;2*+1;;;+2;2*-1. The van der Waals surface area contributed by atoms with Crippen molar-refractivity contribution < 1.29 is 34.1 Å². The number of fused-ring (bicyclic) bond motifs is 21. The van der Waals surface area contributed by atoms with Crippen LogP contribution in [-0.2, 0) is 13.7 Å². The fourth-order valence-electron chi connectivity index (χ4n) is 17.3. The molecule has 0 spiro atoms. The molecule has 0 N–H and O–H groups in total. The van der Waals surface area contributed by atoms with Crippen LogP contribution in [0.3, 0.4) is 0 Å². The molecule has 13 heteroatoms. The minimum Gasteiger partial charge on any atom is -1.00 e. The number of rotatable bonds is 7. The number of benzene rings is 23. The van der Waals surface area contributed by atoms with E-state index in [1.54, 1.807) is 0 Å². The Morgan fingerprint density at radius 2 is 0.398 bits per heavy atom. The quantitative estimate of drug-likeness (QED) is 0.0692. The normalized spacial score (nSPS) is 11.4. The Hall–Kier alpha value is -12.4. The molecule has 0 fully saturated rings. The van der Waals surface area contributed by atoms with Crippen LogP contribution in [0.2, 0.25) is 0 Å². The Kier molecular flexibility index (Phi) is 23.3. The average Bonchev–Trinajstić information content (AvgIpc) is 0.715. The molecule has 0 saturated carbocycles. The molecule has 0 radical (unpaired) electrons. The first-order valence-electron chi connectivity index (χ1n) is 39.8. The molecule has 0 aromatic heterocycles. The topological polar surface area (TPSA) is 51.2 Å². The summed E-state index contributed by atoms with van der Waals surface area (Å²) in [5.41, 5.74) is 0. The first-order chi connectivity index (χ1) is 59.7. The predicted octanol–water partition coefficient (Wildman–Crippen LogP) is 29.7. The summed E-state index contributed by atoms with van der Waals surface area (Å²) in [7, 11) is -7.34. The van der Waals surface area contributed by atoms with Gasteiger partial charge < -0.3 is 7.42 Å². The Balaban J connectivity index is 0.000000121. The molecular formula is C110H71Br2F4MgO3P3+2. The van der Waals surface area contributed by atoms with Crippen molar-refractivity contribution in [3.8, 4) is 0 Å². The van der Waals surface area contributed by atoms with Gasteiger partial charge in [-0.15, -0.1) is 0 Å². The summed E-state index contributed by atoms with van der Waals surface area (Å²) >= 11 is 6.55. The summed E-state index contributed by atoms with van der Waals surface area (Å²) in [6.07, 6.45) is 0. The Morgan fingerprint density at radius 1 is 0.211 bits per heavy atom. The molecule has 0 amide bonds. The van der Waals surface area contributed by atoms with Gasteiger partial charge in [-0.3, -0.25) is 0 Å². The maximum absolute atomic E-state index is 15.9. The van der Waals surface area contributed by atoms with E-state index in [-0.39, 0.29) is 31.2 Å². The van der Waals surface area contributed by atoms with Crippen LogP contribution >= 0.6 is 54.6 Å². The molecule has 586 valence electrons. The van der Waals surface area contributed by atoms with E-state index >= 15 is 4.57 Å². The molecule has 0 aliphatic carbocycles. The second-order valence-electron chi connectivity index (χ2n) is 30.0. The summed E-state index contributed by atoms with van der Waals surface area (Å²) in [5, 5.41) is 35.6. The Morgan fingerprint density at radius 3 is 0.659 bits per heavy atom. The molecule has 0 saturated heterocycles. The zero-order chi connectivity index (χ0) is 83.1. The van der Waals surface area contributed by atoms with Gasteiger partial charge in [-0.25, -0.2) is 17.6 Å². The SMILES string of the molecule is Brc1cc2ccccc2c2ccccc12.Fc1cc(F)cc(Br)c1.O=P(c1cc(F)cc(F)c1)(c1cc2ccccc2c2ccccc12)c1cc2ccccc2c2ccccc12.O=[P+](c1cc2ccccc2c2ccccc12)c1cc2ccccc2c2ccccc12.O=[P+](c1cc2ccccc2c2ccccc12)c1cc2ccccc2c2ccccc12.[H-].[H-].[Mg+2]. The molecule has 23 aromatic rings. The van der Waals surface area contributed by atoms with Gasteiger partial charge in [0, 0.05) is 82.8 Å². The maximum Gasteiger partial charge on any atom is 2.00 e. The first kappa shape index (κ1) is 81.6. The second kappa shape index (κ2) is 35.2. The third-order valence-corrected chi connectivity index (χ3v) is 30.2. The van der Waals surface area contributed by atoms with Crippen molar-refractivity contribution in [2.45, 2.75) is 0 Å². The van der Waals surface area contributed by atoms with E-state index in [0.29, 0.717) is 15.1 Å². The van der Waals surface area contributed by atoms with Crippen LogP contribution in [0.25, 0.3) is 151 Å². The predicted molar refractivity (Wildman–Crippen MR) is 527 cm³/mol. The van der Waals surface area contributed by atoms with E-state index in [0.717, 1.165) is 146 Å². The first-order valence-corrected chi connectivity index (χ1v) is 45.6. The molecule has 0 heterocycles. The van der Waals surface area contributed by atoms with Crippen molar-refractivity contribution in [3.63, 3.8) is 0 Å². The van der Waals surface area contributed by atoms with Crippen LogP contribution in [0, 0.1) is 23.3 Å². The third-order valence-electron chi connectivity index (χ3n) is 22.8. The van der Waals surface area contributed by atoms with Gasteiger partial charge >= 0.3 is 38.7 Å². The summed E-state index contributed by atoms with van der Waals surface area (Å²) in [4.78, 5) is 0. The third kappa shape index (κ3) is 15.8. The average molecular weight is 1790 g/mol. The summed E-state index contributed by atoms with van der Waals surface area (Å²) in [6.45, 7) is 0. The van der Waals surface area contributed by atoms with Gasteiger partial charge in [0.05, 0.1) is 0 Å². The van der Waals surface area contributed by atoms with Crippen LogP contribution in [0.4, 0.5) is 17.6 Å².